The summed E-state index contributed by atoms with van der Waals surface area (Å²) in [5.74, 6) is -0.307. The van der Waals surface area contributed by atoms with Crippen molar-refractivity contribution < 1.29 is 13.2 Å². The van der Waals surface area contributed by atoms with Gasteiger partial charge in [0.1, 0.15) is 5.69 Å². The number of nitrogens with one attached hydrogen (secondary N) is 1. The number of carbonyl (C=O) groups excluding carboxylic acids is 1. The molecule has 1 heterocycles. The molecule has 0 saturated heterocycles. The zero-order valence-electron chi connectivity index (χ0n) is 12.8. The number of nitrogens with zero attached hydrogens (tertiary/aromatic N) is 1. The van der Waals surface area contributed by atoms with Gasteiger partial charge in [-0.3, -0.25) is 9.78 Å². The van der Waals surface area contributed by atoms with E-state index in [0.29, 0.717) is 22.7 Å². The number of sulfone groups is 1. The van der Waals surface area contributed by atoms with Crippen molar-refractivity contribution in [2.24, 2.45) is 0 Å². The lowest BCUT2D eigenvalue weighted by Gasteiger charge is -2.12. The third-order valence-electron chi connectivity index (χ3n) is 3.90. The molecule has 0 atom stereocenters. The van der Waals surface area contributed by atoms with Crippen LogP contribution in [0.2, 0.25) is 0 Å². The summed E-state index contributed by atoms with van der Waals surface area (Å²) in [6.45, 7) is 1.93. The quantitative estimate of drug-likeness (QED) is 0.914. The Kier molecular flexibility index (Phi) is 4.17. The molecule has 3 rings (SSSR count). The van der Waals surface area contributed by atoms with Gasteiger partial charge in [0.25, 0.3) is 5.91 Å². The molecule has 1 aromatic carbocycles. The second-order valence-electron chi connectivity index (χ2n) is 5.59. The van der Waals surface area contributed by atoms with Crippen LogP contribution in [0.4, 0.5) is 5.69 Å². The Bertz CT molecular complexity index is 828. The summed E-state index contributed by atoms with van der Waals surface area (Å²) in [6.07, 6.45) is 3.66. The first kappa shape index (κ1) is 15.7. The van der Waals surface area contributed by atoms with E-state index in [1.807, 2.05) is 6.92 Å². The summed E-state index contributed by atoms with van der Waals surface area (Å²) in [5.41, 5.74) is 1.75. The number of rotatable bonds is 5. The fourth-order valence-corrected chi connectivity index (χ4v) is 4.12. The minimum Gasteiger partial charge on any atom is -0.320 e. The Morgan fingerprint density at radius 3 is 2.65 bits per heavy atom. The average molecular weight is 330 g/mol. The highest BCUT2D eigenvalue weighted by atomic mass is 32.2. The Labute approximate surface area is 135 Å². The van der Waals surface area contributed by atoms with Gasteiger partial charge in [0, 0.05) is 11.9 Å². The average Bonchev–Trinajstić information content (AvgIpc) is 3.41. The van der Waals surface area contributed by atoms with E-state index >= 15 is 0 Å². The molecule has 0 spiro atoms. The van der Waals surface area contributed by atoms with Gasteiger partial charge in [-0.05, 0) is 55.2 Å². The second kappa shape index (κ2) is 6.12. The molecule has 2 aromatic rings. The van der Waals surface area contributed by atoms with Crippen molar-refractivity contribution in [3.8, 4) is 0 Å². The molecule has 0 aliphatic heterocycles. The van der Waals surface area contributed by atoms with Gasteiger partial charge in [0.2, 0.25) is 0 Å². The van der Waals surface area contributed by atoms with Crippen LogP contribution < -0.4 is 5.32 Å². The Morgan fingerprint density at radius 1 is 1.26 bits per heavy atom. The molecular weight excluding hydrogens is 312 g/mol. The van der Waals surface area contributed by atoms with E-state index in [2.05, 4.69) is 10.3 Å². The zero-order chi connectivity index (χ0) is 16.4. The fraction of sp³-hybridized carbons (Fsp3) is 0.294. The molecule has 120 valence electrons. The van der Waals surface area contributed by atoms with Crippen molar-refractivity contribution in [3.63, 3.8) is 0 Å². The Hall–Kier alpha value is -2.21. The zero-order valence-corrected chi connectivity index (χ0v) is 13.6. The summed E-state index contributed by atoms with van der Waals surface area (Å²) in [5, 5.41) is 2.57. The van der Waals surface area contributed by atoms with Crippen LogP contribution in [0, 0.1) is 0 Å². The molecule has 0 bridgehead atoms. The first-order valence-electron chi connectivity index (χ1n) is 7.61. The SMILES string of the molecule is CCc1cc(S(=O)(=O)C2CC2)ccc1NC(=O)c1ccccn1. The Balaban J connectivity index is 1.87. The third-order valence-corrected chi connectivity index (χ3v) is 6.16. The van der Waals surface area contributed by atoms with Crippen molar-refractivity contribution in [2.75, 3.05) is 5.32 Å². The summed E-state index contributed by atoms with van der Waals surface area (Å²) in [4.78, 5) is 16.5. The van der Waals surface area contributed by atoms with Crippen LogP contribution in [0.5, 0.6) is 0 Å². The van der Waals surface area contributed by atoms with Crippen LogP contribution in [0.25, 0.3) is 0 Å². The smallest absolute Gasteiger partial charge is 0.274 e. The monoisotopic (exact) mass is 330 g/mol. The van der Waals surface area contributed by atoms with Gasteiger partial charge in [-0.1, -0.05) is 13.0 Å². The number of amides is 1. The number of carbonyl (C=O) groups is 1. The van der Waals surface area contributed by atoms with E-state index in [4.69, 9.17) is 0 Å². The van der Waals surface area contributed by atoms with Gasteiger partial charge in [0.15, 0.2) is 9.84 Å². The molecule has 1 N–H and O–H groups in total. The summed E-state index contributed by atoms with van der Waals surface area (Å²) < 4.78 is 24.6. The molecule has 0 unspecified atom stereocenters. The van der Waals surface area contributed by atoms with E-state index in [1.165, 1.54) is 0 Å². The third kappa shape index (κ3) is 3.27. The van der Waals surface area contributed by atoms with Crippen molar-refractivity contribution in [3.05, 3.63) is 53.9 Å². The molecule has 6 heteroatoms. The van der Waals surface area contributed by atoms with Crippen molar-refractivity contribution >= 4 is 21.4 Å². The highest BCUT2D eigenvalue weighted by Gasteiger charge is 2.37. The van der Waals surface area contributed by atoms with E-state index in [9.17, 15) is 13.2 Å². The summed E-state index contributed by atoms with van der Waals surface area (Å²) >= 11 is 0. The lowest BCUT2D eigenvalue weighted by Crippen LogP contribution is -2.15. The topological polar surface area (TPSA) is 76.1 Å². The first-order chi connectivity index (χ1) is 11.0. The van der Waals surface area contributed by atoms with Crippen molar-refractivity contribution in [2.45, 2.75) is 36.3 Å². The van der Waals surface area contributed by atoms with Crippen LogP contribution >= 0.6 is 0 Å². The van der Waals surface area contributed by atoms with Crippen LogP contribution in [-0.4, -0.2) is 24.6 Å². The van der Waals surface area contributed by atoms with E-state index < -0.39 is 9.84 Å². The molecule has 1 aromatic heterocycles. The maximum Gasteiger partial charge on any atom is 0.274 e. The van der Waals surface area contributed by atoms with Gasteiger partial charge >= 0.3 is 0 Å². The lowest BCUT2D eigenvalue weighted by molar-refractivity contribution is 0.102. The van der Waals surface area contributed by atoms with Gasteiger partial charge in [-0.25, -0.2) is 8.42 Å². The maximum absolute atomic E-state index is 12.3. The van der Waals surface area contributed by atoms with E-state index in [1.54, 1.807) is 42.6 Å². The van der Waals surface area contributed by atoms with Crippen molar-refractivity contribution in [1.82, 2.24) is 4.98 Å². The predicted molar refractivity (Wildman–Crippen MR) is 88.2 cm³/mol. The molecular formula is C17H18N2O3S. The van der Waals surface area contributed by atoms with Crippen LogP contribution in [-0.2, 0) is 16.3 Å². The number of aryl methyl sites for hydroxylation is 1. The number of hydrogen-bond donors (Lipinski definition) is 1. The number of aromatic nitrogens is 1. The van der Waals surface area contributed by atoms with Gasteiger partial charge in [-0.2, -0.15) is 0 Å². The predicted octanol–water partition coefficient (Wildman–Crippen LogP) is 2.83. The molecule has 1 aliphatic carbocycles. The van der Waals surface area contributed by atoms with Crippen LogP contribution in [0.15, 0.2) is 47.5 Å². The molecule has 5 nitrogen and oxygen atoms in total. The molecule has 1 saturated carbocycles. The number of anilines is 1. The summed E-state index contributed by atoms with van der Waals surface area (Å²) in [6, 6.07) is 10.0. The normalized spacial score (nSPS) is 14.5. The minimum atomic E-state index is -3.22. The standard InChI is InChI=1S/C17H18N2O3S/c1-2-12-11-14(23(21,22)13-6-7-13)8-9-15(12)19-17(20)16-5-3-4-10-18-16/h3-5,8-11,13H,2,6-7H2,1H3,(H,19,20). The number of pyridine rings is 1. The van der Waals surface area contributed by atoms with Gasteiger partial charge < -0.3 is 5.32 Å². The molecule has 0 radical (unpaired) electrons. The summed E-state index contributed by atoms with van der Waals surface area (Å²) in [7, 11) is -3.22. The first-order valence-corrected chi connectivity index (χ1v) is 9.16. The molecule has 1 amide bonds. The largest absolute Gasteiger partial charge is 0.320 e. The van der Waals surface area contributed by atoms with Crippen LogP contribution in [0.3, 0.4) is 0 Å². The fourth-order valence-electron chi connectivity index (χ4n) is 2.42. The highest BCUT2D eigenvalue weighted by molar-refractivity contribution is 7.92. The van der Waals surface area contributed by atoms with Gasteiger partial charge in [-0.15, -0.1) is 0 Å². The molecule has 23 heavy (non-hydrogen) atoms. The van der Waals surface area contributed by atoms with Crippen LogP contribution in [0.1, 0.15) is 35.8 Å². The second-order valence-corrected chi connectivity index (χ2v) is 7.81. The molecule has 1 aliphatic rings. The highest BCUT2D eigenvalue weighted by Crippen LogP contribution is 2.34. The number of hydrogen-bond acceptors (Lipinski definition) is 4. The number of benzene rings is 1. The van der Waals surface area contributed by atoms with E-state index in [0.717, 1.165) is 18.4 Å². The maximum atomic E-state index is 12.3. The lowest BCUT2D eigenvalue weighted by atomic mass is 10.1. The molecule has 1 fully saturated rings. The minimum absolute atomic E-state index is 0.235. The van der Waals surface area contributed by atoms with E-state index in [-0.39, 0.29) is 11.2 Å². The van der Waals surface area contributed by atoms with Crippen molar-refractivity contribution in [1.29, 1.82) is 0 Å². The van der Waals surface area contributed by atoms with Gasteiger partial charge in [0.05, 0.1) is 10.1 Å². The Morgan fingerprint density at radius 2 is 2.04 bits per heavy atom.